The summed E-state index contributed by atoms with van der Waals surface area (Å²) in [6, 6.07) is 21.0. The Labute approximate surface area is 118 Å². The topological polar surface area (TPSA) is 63.6 Å². The second-order valence-electron chi connectivity index (χ2n) is 3.58. The molecular formula is C16H18O4. The molecule has 0 aliphatic heterocycles. The maximum atomic E-state index is 10.4. The molecule has 2 aromatic rings. The van der Waals surface area contributed by atoms with E-state index in [0.717, 1.165) is 6.92 Å². The third-order valence-electron chi connectivity index (χ3n) is 1.67. The fourth-order valence-electron chi connectivity index (χ4n) is 1.04. The van der Waals surface area contributed by atoms with Crippen molar-refractivity contribution >= 4 is 11.9 Å². The average molecular weight is 274 g/mol. The summed E-state index contributed by atoms with van der Waals surface area (Å²) in [6.45, 7) is 2.47. The molecule has 0 saturated heterocycles. The van der Waals surface area contributed by atoms with Crippen molar-refractivity contribution in [3.63, 3.8) is 0 Å². The number of rotatable bonds is 1. The van der Waals surface area contributed by atoms with E-state index in [1.165, 1.54) is 6.92 Å². The van der Waals surface area contributed by atoms with E-state index in [1.54, 1.807) is 12.1 Å². The second kappa shape index (κ2) is 11.5. The van der Waals surface area contributed by atoms with Gasteiger partial charge in [0.05, 0.1) is 0 Å². The van der Waals surface area contributed by atoms with Gasteiger partial charge in [-0.15, -0.1) is 0 Å². The summed E-state index contributed by atoms with van der Waals surface area (Å²) in [7, 11) is 0. The first kappa shape index (κ1) is 17.4. The van der Waals surface area contributed by atoms with Gasteiger partial charge in [0.1, 0.15) is 5.75 Å². The molecule has 4 heteroatoms. The molecule has 0 aromatic heterocycles. The summed E-state index contributed by atoms with van der Waals surface area (Å²) >= 11 is 0. The first-order valence-corrected chi connectivity index (χ1v) is 5.95. The molecule has 0 aliphatic carbocycles. The van der Waals surface area contributed by atoms with Crippen molar-refractivity contribution in [1.29, 1.82) is 0 Å². The van der Waals surface area contributed by atoms with Crippen LogP contribution >= 0.6 is 0 Å². The highest BCUT2D eigenvalue weighted by Gasteiger charge is 1.92. The minimum absolute atomic E-state index is 0.286. The average Bonchev–Trinajstić information content (AvgIpc) is 2.41. The maximum absolute atomic E-state index is 10.4. The van der Waals surface area contributed by atoms with Gasteiger partial charge < -0.3 is 9.84 Å². The summed E-state index contributed by atoms with van der Waals surface area (Å²) in [5.41, 5.74) is 0. The number of hydrogen-bond donors (Lipinski definition) is 1. The van der Waals surface area contributed by atoms with Crippen molar-refractivity contribution in [3.8, 4) is 5.75 Å². The second-order valence-corrected chi connectivity index (χ2v) is 3.58. The molecule has 4 nitrogen and oxygen atoms in total. The summed E-state index contributed by atoms with van der Waals surface area (Å²) in [5, 5.41) is 7.42. The number of carbonyl (C=O) groups is 2. The molecule has 0 amide bonds. The molecule has 2 aromatic carbocycles. The summed E-state index contributed by atoms with van der Waals surface area (Å²) < 4.78 is 4.78. The molecule has 0 aliphatic rings. The largest absolute Gasteiger partial charge is 0.481 e. The number of esters is 1. The Morgan fingerprint density at radius 3 is 1.40 bits per heavy atom. The lowest BCUT2D eigenvalue weighted by molar-refractivity contribution is -0.134. The number of carbonyl (C=O) groups excluding carboxylic acids is 1. The molecule has 0 atom stereocenters. The van der Waals surface area contributed by atoms with Gasteiger partial charge in [-0.3, -0.25) is 9.59 Å². The minimum Gasteiger partial charge on any atom is -0.481 e. The molecule has 0 spiro atoms. The number of para-hydroxylation sites is 1. The monoisotopic (exact) mass is 274 g/mol. The maximum Gasteiger partial charge on any atom is 0.308 e. The van der Waals surface area contributed by atoms with Gasteiger partial charge in [-0.2, -0.15) is 0 Å². The number of ether oxygens (including phenoxy) is 1. The van der Waals surface area contributed by atoms with Crippen LogP contribution in [0.5, 0.6) is 5.75 Å². The summed E-state index contributed by atoms with van der Waals surface area (Å²) in [5.74, 6) is -0.527. The van der Waals surface area contributed by atoms with E-state index >= 15 is 0 Å². The van der Waals surface area contributed by atoms with Crippen LogP contribution in [0, 0.1) is 0 Å². The van der Waals surface area contributed by atoms with E-state index < -0.39 is 5.97 Å². The number of aliphatic carboxylic acids is 1. The van der Waals surface area contributed by atoms with Gasteiger partial charge in [-0.05, 0) is 12.1 Å². The third kappa shape index (κ3) is 13.4. The minimum atomic E-state index is -0.833. The van der Waals surface area contributed by atoms with Crippen LogP contribution in [0.4, 0.5) is 0 Å². The van der Waals surface area contributed by atoms with Gasteiger partial charge in [0.2, 0.25) is 0 Å². The first-order chi connectivity index (χ1) is 9.52. The summed E-state index contributed by atoms with van der Waals surface area (Å²) in [6.07, 6.45) is 0. The van der Waals surface area contributed by atoms with Crippen LogP contribution in [0.2, 0.25) is 0 Å². The lowest BCUT2D eigenvalue weighted by Crippen LogP contribution is -2.00. The highest BCUT2D eigenvalue weighted by molar-refractivity contribution is 5.69. The van der Waals surface area contributed by atoms with Gasteiger partial charge in [-0.1, -0.05) is 54.6 Å². The van der Waals surface area contributed by atoms with Gasteiger partial charge >= 0.3 is 5.97 Å². The zero-order chi connectivity index (χ0) is 15.2. The zero-order valence-electron chi connectivity index (χ0n) is 11.5. The van der Waals surface area contributed by atoms with E-state index in [4.69, 9.17) is 14.6 Å². The lowest BCUT2D eigenvalue weighted by Gasteiger charge is -1.97. The van der Waals surface area contributed by atoms with Crippen LogP contribution in [-0.4, -0.2) is 17.0 Å². The normalized spacial score (nSPS) is 8.10. The Bertz CT molecular complexity index is 450. The number of carboxylic acid groups (broad SMARTS) is 1. The first-order valence-electron chi connectivity index (χ1n) is 5.95. The third-order valence-corrected chi connectivity index (χ3v) is 1.67. The Morgan fingerprint density at radius 2 is 1.10 bits per heavy atom. The molecule has 0 fully saturated rings. The molecule has 1 N–H and O–H groups in total. The Hall–Kier alpha value is -2.62. The fraction of sp³-hybridized carbons (Fsp3) is 0.125. The highest BCUT2D eigenvalue weighted by Crippen LogP contribution is 2.07. The van der Waals surface area contributed by atoms with Crippen molar-refractivity contribution in [2.45, 2.75) is 13.8 Å². The van der Waals surface area contributed by atoms with Crippen LogP contribution in [0.15, 0.2) is 66.7 Å². The predicted molar refractivity (Wildman–Crippen MR) is 77.5 cm³/mol. The Kier molecular flexibility index (Phi) is 9.97. The van der Waals surface area contributed by atoms with Gasteiger partial charge in [0.15, 0.2) is 0 Å². The Balaban J connectivity index is 0.000000307. The summed E-state index contributed by atoms with van der Waals surface area (Å²) in [4.78, 5) is 19.4. The molecule has 0 unspecified atom stereocenters. The van der Waals surface area contributed by atoms with Gasteiger partial charge in [0, 0.05) is 13.8 Å². The molecule has 0 radical (unpaired) electrons. The van der Waals surface area contributed by atoms with Crippen molar-refractivity contribution < 1.29 is 19.4 Å². The molecule has 2 rings (SSSR count). The van der Waals surface area contributed by atoms with Crippen LogP contribution in [0.25, 0.3) is 0 Å². The zero-order valence-corrected chi connectivity index (χ0v) is 11.5. The van der Waals surface area contributed by atoms with Crippen molar-refractivity contribution in [2.24, 2.45) is 0 Å². The van der Waals surface area contributed by atoms with Crippen molar-refractivity contribution in [1.82, 2.24) is 0 Å². The van der Waals surface area contributed by atoms with Crippen LogP contribution in [0.3, 0.4) is 0 Å². The van der Waals surface area contributed by atoms with Crippen LogP contribution in [-0.2, 0) is 9.59 Å². The van der Waals surface area contributed by atoms with E-state index in [1.807, 2.05) is 54.6 Å². The van der Waals surface area contributed by atoms with Crippen molar-refractivity contribution in [2.75, 3.05) is 0 Å². The van der Waals surface area contributed by atoms with Crippen molar-refractivity contribution in [3.05, 3.63) is 66.7 Å². The predicted octanol–water partition coefficient (Wildman–Crippen LogP) is 3.39. The van der Waals surface area contributed by atoms with Crippen LogP contribution < -0.4 is 4.74 Å². The number of benzene rings is 2. The van der Waals surface area contributed by atoms with E-state index in [2.05, 4.69) is 0 Å². The fourth-order valence-corrected chi connectivity index (χ4v) is 1.04. The molecule has 106 valence electrons. The van der Waals surface area contributed by atoms with Gasteiger partial charge in [0.25, 0.3) is 5.97 Å². The number of hydrogen-bond acceptors (Lipinski definition) is 3. The standard InChI is InChI=1S/C8H8O2.C6H6.C2H4O2/c1-7(9)10-8-5-3-2-4-6-8;1-2-4-6-5-3-1;1-2(3)4/h2-6H,1H3;1-6H;1H3,(H,3,4). The Morgan fingerprint density at radius 1 is 0.800 bits per heavy atom. The molecule has 0 saturated carbocycles. The number of carboxylic acids is 1. The van der Waals surface area contributed by atoms with Crippen LogP contribution in [0.1, 0.15) is 13.8 Å². The lowest BCUT2D eigenvalue weighted by atomic mass is 10.3. The molecule has 0 heterocycles. The molecule has 0 bridgehead atoms. The van der Waals surface area contributed by atoms with E-state index in [0.29, 0.717) is 5.75 Å². The van der Waals surface area contributed by atoms with Gasteiger partial charge in [-0.25, -0.2) is 0 Å². The van der Waals surface area contributed by atoms with E-state index in [-0.39, 0.29) is 5.97 Å². The smallest absolute Gasteiger partial charge is 0.308 e. The quantitative estimate of drug-likeness (QED) is 0.639. The van der Waals surface area contributed by atoms with E-state index in [9.17, 15) is 4.79 Å². The SMILES string of the molecule is CC(=O)O.CC(=O)Oc1ccccc1.c1ccccc1. The highest BCUT2D eigenvalue weighted by atomic mass is 16.5. The molecular weight excluding hydrogens is 256 g/mol. The molecule has 20 heavy (non-hydrogen) atoms.